The minimum atomic E-state index is -0.479. The molecule has 6 heteroatoms. The van der Waals surface area contributed by atoms with Gasteiger partial charge in [0, 0.05) is 0 Å². The van der Waals surface area contributed by atoms with Crippen molar-refractivity contribution in [1.82, 2.24) is 0 Å². The van der Waals surface area contributed by atoms with Crippen molar-refractivity contribution in [2.75, 3.05) is 14.2 Å². The molecule has 0 spiro atoms. The van der Waals surface area contributed by atoms with E-state index in [4.69, 9.17) is 18.9 Å². The number of rotatable bonds is 8. The largest absolute Gasteiger partial charge is 0.497 e. The summed E-state index contributed by atoms with van der Waals surface area (Å²) < 4.78 is 21.6. The van der Waals surface area contributed by atoms with Crippen LogP contribution < -0.4 is 18.9 Å². The maximum atomic E-state index is 12.8. The van der Waals surface area contributed by atoms with Crippen LogP contribution >= 0.6 is 0 Å². The van der Waals surface area contributed by atoms with Crippen LogP contribution in [0, 0.1) is 6.92 Å². The van der Waals surface area contributed by atoms with Crippen LogP contribution in [-0.2, 0) is 0 Å². The van der Waals surface area contributed by atoms with E-state index in [1.807, 2.05) is 72.8 Å². The summed E-state index contributed by atoms with van der Waals surface area (Å²) >= 11 is 0. The second-order valence-corrected chi connectivity index (χ2v) is 9.32. The lowest BCUT2D eigenvalue weighted by atomic mass is 10.0. The minimum absolute atomic E-state index is 0.357. The number of methoxy groups -OCH3 is 2. The third-order valence-electron chi connectivity index (χ3n) is 6.65. The SMILES string of the molecule is COc1ccc(-c2ccc(C(=O)Oc3ccc(OC(=O)c4ccc(-c5ccc(OC)cc5)cc4)c(C)c3)cc2)cc1. The fraction of sp³-hybridized carbons (Fsp3) is 0.0857. The molecular formula is C35H28O6. The molecular weight excluding hydrogens is 516 g/mol. The van der Waals surface area contributed by atoms with Crippen LogP contribution in [0.2, 0.25) is 0 Å². The number of hydrogen-bond donors (Lipinski definition) is 0. The number of benzene rings is 5. The first-order valence-electron chi connectivity index (χ1n) is 13.0. The molecule has 0 radical (unpaired) electrons. The quantitative estimate of drug-likeness (QED) is 0.147. The predicted molar refractivity (Wildman–Crippen MR) is 158 cm³/mol. The lowest BCUT2D eigenvalue weighted by Crippen LogP contribution is -2.10. The van der Waals surface area contributed by atoms with Gasteiger partial charge in [-0.05, 0) is 101 Å². The van der Waals surface area contributed by atoms with E-state index in [0.717, 1.165) is 33.8 Å². The van der Waals surface area contributed by atoms with Gasteiger partial charge in [-0.25, -0.2) is 9.59 Å². The van der Waals surface area contributed by atoms with Crippen LogP contribution in [-0.4, -0.2) is 26.2 Å². The fourth-order valence-corrected chi connectivity index (χ4v) is 4.29. The average Bonchev–Trinajstić information content (AvgIpc) is 3.02. The Balaban J connectivity index is 1.20. The van der Waals surface area contributed by atoms with E-state index in [-0.39, 0.29) is 0 Å². The van der Waals surface area contributed by atoms with E-state index in [1.165, 1.54) is 0 Å². The van der Waals surface area contributed by atoms with E-state index < -0.39 is 11.9 Å². The lowest BCUT2D eigenvalue weighted by molar-refractivity contribution is 0.0718. The Labute approximate surface area is 238 Å². The molecule has 5 rings (SSSR count). The van der Waals surface area contributed by atoms with Gasteiger partial charge in [0.15, 0.2) is 0 Å². The Kier molecular flexibility index (Phi) is 8.11. The van der Waals surface area contributed by atoms with Crippen molar-refractivity contribution in [2.24, 2.45) is 0 Å². The summed E-state index contributed by atoms with van der Waals surface area (Å²) in [4.78, 5) is 25.5. The molecule has 0 unspecified atom stereocenters. The van der Waals surface area contributed by atoms with E-state index in [1.54, 1.807) is 63.6 Å². The molecule has 0 aliphatic carbocycles. The Morgan fingerprint density at radius 1 is 0.463 bits per heavy atom. The molecule has 0 fully saturated rings. The van der Waals surface area contributed by atoms with Crippen LogP contribution in [0.1, 0.15) is 26.3 Å². The Bertz CT molecular complexity index is 1650. The molecule has 0 heterocycles. The van der Waals surface area contributed by atoms with E-state index in [0.29, 0.717) is 28.2 Å². The Hall–Kier alpha value is -5.36. The summed E-state index contributed by atoms with van der Waals surface area (Å²) in [6.07, 6.45) is 0. The highest BCUT2D eigenvalue weighted by atomic mass is 16.5. The van der Waals surface area contributed by atoms with Gasteiger partial charge in [0.05, 0.1) is 25.3 Å². The van der Waals surface area contributed by atoms with Crippen LogP contribution in [0.4, 0.5) is 0 Å². The summed E-state index contributed by atoms with van der Waals surface area (Å²) in [7, 11) is 3.25. The highest BCUT2D eigenvalue weighted by molar-refractivity contribution is 5.93. The van der Waals surface area contributed by atoms with Crippen molar-refractivity contribution < 1.29 is 28.5 Å². The van der Waals surface area contributed by atoms with Gasteiger partial charge in [-0.2, -0.15) is 0 Å². The average molecular weight is 545 g/mol. The standard InChI is InChI=1S/C35H28O6/c1-23-22-32(40-34(36)28-8-4-24(5-9-28)26-12-16-30(38-2)17-13-26)20-21-33(23)41-35(37)29-10-6-25(7-11-29)27-14-18-31(39-3)19-15-27/h4-22H,1-3H3. The topological polar surface area (TPSA) is 71.1 Å². The molecule has 6 nitrogen and oxygen atoms in total. The summed E-state index contributed by atoms with van der Waals surface area (Å²) in [5.41, 5.74) is 5.49. The van der Waals surface area contributed by atoms with E-state index >= 15 is 0 Å². The summed E-state index contributed by atoms with van der Waals surface area (Å²) in [6.45, 7) is 1.79. The van der Waals surface area contributed by atoms with Crippen molar-refractivity contribution in [3.05, 3.63) is 132 Å². The Morgan fingerprint density at radius 3 is 1.22 bits per heavy atom. The molecule has 41 heavy (non-hydrogen) atoms. The van der Waals surface area contributed by atoms with Gasteiger partial charge in [-0.3, -0.25) is 0 Å². The monoisotopic (exact) mass is 544 g/mol. The fourth-order valence-electron chi connectivity index (χ4n) is 4.29. The van der Waals surface area contributed by atoms with Crippen molar-refractivity contribution in [2.45, 2.75) is 6.92 Å². The molecule has 0 amide bonds. The van der Waals surface area contributed by atoms with Crippen molar-refractivity contribution in [1.29, 1.82) is 0 Å². The molecule has 0 atom stereocenters. The Morgan fingerprint density at radius 2 is 0.829 bits per heavy atom. The van der Waals surface area contributed by atoms with Crippen LogP contribution in [0.5, 0.6) is 23.0 Å². The molecule has 5 aromatic carbocycles. The lowest BCUT2D eigenvalue weighted by Gasteiger charge is -2.11. The predicted octanol–water partition coefficient (Wildman–Crippen LogP) is 7.78. The number of carbonyl (C=O) groups is 2. The smallest absolute Gasteiger partial charge is 0.343 e. The minimum Gasteiger partial charge on any atom is -0.497 e. The highest BCUT2D eigenvalue weighted by Crippen LogP contribution is 2.27. The molecule has 0 saturated heterocycles. The van der Waals surface area contributed by atoms with Gasteiger partial charge in [0.2, 0.25) is 0 Å². The van der Waals surface area contributed by atoms with Gasteiger partial charge in [0.1, 0.15) is 23.0 Å². The van der Waals surface area contributed by atoms with Gasteiger partial charge >= 0.3 is 11.9 Å². The van der Waals surface area contributed by atoms with Crippen LogP contribution in [0.15, 0.2) is 115 Å². The van der Waals surface area contributed by atoms with Gasteiger partial charge in [0.25, 0.3) is 0 Å². The van der Waals surface area contributed by atoms with Crippen LogP contribution in [0.3, 0.4) is 0 Å². The maximum Gasteiger partial charge on any atom is 0.343 e. The normalized spacial score (nSPS) is 10.5. The van der Waals surface area contributed by atoms with Crippen LogP contribution in [0.25, 0.3) is 22.3 Å². The summed E-state index contributed by atoms with van der Waals surface area (Å²) in [5, 5.41) is 0. The van der Waals surface area contributed by atoms with E-state index in [9.17, 15) is 9.59 Å². The number of hydrogen-bond acceptors (Lipinski definition) is 6. The number of esters is 2. The highest BCUT2D eigenvalue weighted by Gasteiger charge is 2.14. The molecule has 0 N–H and O–H groups in total. The van der Waals surface area contributed by atoms with Gasteiger partial charge in [-0.1, -0.05) is 48.5 Å². The van der Waals surface area contributed by atoms with Crippen molar-refractivity contribution >= 4 is 11.9 Å². The van der Waals surface area contributed by atoms with E-state index in [2.05, 4.69) is 0 Å². The van der Waals surface area contributed by atoms with Gasteiger partial charge in [-0.15, -0.1) is 0 Å². The zero-order valence-corrected chi connectivity index (χ0v) is 22.9. The summed E-state index contributed by atoms with van der Waals surface area (Å²) in [5.74, 6) is 1.35. The molecule has 0 aliphatic heterocycles. The number of ether oxygens (including phenoxy) is 4. The van der Waals surface area contributed by atoms with Crippen molar-refractivity contribution in [3.63, 3.8) is 0 Å². The molecule has 0 aliphatic rings. The number of aryl methyl sites for hydroxylation is 1. The molecule has 0 bridgehead atoms. The third kappa shape index (κ3) is 6.45. The third-order valence-corrected chi connectivity index (χ3v) is 6.65. The molecule has 0 saturated carbocycles. The zero-order valence-electron chi connectivity index (χ0n) is 22.9. The second kappa shape index (κ2) is 12.2. The zero-order chi connectivity index (χ0) is 28.8. The molecule has 5 aromatic rings. The first-order chi connectivity index (χ1) is 19.9. The first-order valence-corrected chi connectivity index (χ1v) is 13.0. The second-order valence-electron chi connectivity index (χ2n) is 9.32. The summed E-state index contributed by atoms with van der Waals surface area (Å²) in [6, 6.07) is 34.7. The number of carbonyl (C=O) groups excluding carboxylic acids is 2. The maximum absolute atomic E-state index is 12.8. The van der Waals surface area contributed by atoms with Crippen molar-refractivity contribution in [3.8, 4) is 45.3 Å². The van der Waals surface area contributed by atoms with Gasteiger partial charge < -0.3 is 18.9 Å². The first kappa shape index (κ1) is 27.2. The molecule has 0 aromatic heterocycles. The molecule has 204 valence electrons.